The van der Waals surface area contributed by atoms with E-state index in [4.69, 9.17) is 0 Å². The second-order valence-corrected chi connectivity index (χ2v) is 10.4. The molecule has 11 heteroatoms. The van der Waals surface area contributed by atoms with Crippen LogP contribution in [-0.2, 0) is 9.59 Å². The first-order valence-corrected chi connectivity index (χ1v) is 12.7. The number of aromatic carboxylic acids is 1. The van der Waals surface area contributed by atoms with Gasteiger partial charge in [0.2, 0.25) is 5.91 Å². The van der Waals surface area contributed by atoms with Crippen LogP contribution in [0.15, 0.2) is 42.5 Å². The van der Waals surface area contributed by atoms with Gasteiger partial charge in [-0.3, -0.25) is 24.2 Å². The van der Waals surface area contributed by atoms with E-state index < -0.39 is 41.2 Å². The van der Waals surface area contributed by atoms with Gasteiger partial charge in [0.25, 0.3) is 11.8 Å². The van der Waals surface area contributed by atoms with Gasteiger partial charge >= 0.3 is 12.0 Å². The van der Waals surface area contributed by atoms with E-state index in [0.717, 1.165) is 4.90 Å². The zero-order valence-corrected chi connectivity index (χ0v) is 22.2. The molecule has 2 N–H and O–H groups in total. The van der Waals surface area contributed by atoms with E-state index in [1.165, 1.54) is 48.3 Å². The van der Waals surface area contributed by atoms with Gasteiger partial charge in [-0.2, -0.15) is 0 Å². The Hall–Kier alpha value is -4.28. The number of carboxylic acid groups (broad SMARTS) is 1. The average Bonchev–Trinajstić information content (AvgIpc) is 3.08. The number of halogens is 1. The van der Waals surface area contributed by atoms with E-state index in [9.17, 15) is 33.5 Å². The Morgan fingerprint density at radius 3 is 2.21 bits per heavy atom. The van der Waals surface area contributed by atoms with Gasteiger partial charge in [-0.1, -0.05) is 25.5 Å². The Bertz CT molecular complexity index is 1330. The maximum atomic E-state index is 14.3. The molecule has 2 aromatic carbocycles. The molecule has 1 atom stereocenters. The summed E-state index contributed by atoms with van der Waals surface area (Å²) in [7, 11) is 1.39. The minimum Gasteiger partial charge on any atom is -0.478 e. The number of imide groups is 1. The maximum absolute atomic E-state index is 14.3. The van der Waals surface area contributed by atoms with Gasteiger partial charge in [-0.15, -0.1) is 0 Å². The number of carboxylic acids is 1. The predicted molar refractivity (Wildman–Crippen MR) is 140 cm³/mol. The van der Waals surface area contributed by atoms with Crippen LogP contribution in [0.5, 0.6) is 0 Å². The first-order chi connectivity index (χ1) is 18.4. The number of urea groups is 1. The molecule has 4 rings (SSSR count). The highest BCUT2D eigenvalue weighted by Gasteiger charge is 2.58. The molecule has 1 spiro atoms. The van der Waals surface area contributed by atoms with Gasteiger partial charge < -0.3 is 15.3 Å². The van der Waals surface area contributed by atoms with Crippen molar-refractivity contribution in [3.63, 3.8) is 0 Å². The molecule has 2 fully saturated rings. The molecule has 0 unspecified atom stereocenters. The normalized spacial score (nSPS) is 17.6. The number of benzene rings is 2. The zero-order valence-electron chi connectivity index (χ0n) is 22.2. The smallest absolute Gasteiger partial charge is 0.335 e. The Kier molecular flexibility index (Phi) is 7.45. The second kappa shape index (κ2) is 10.5. The Balaban J connectivity index is 1.53. The monoisotopic (exact) mass is 538 g/mol. The van der Waals surface area contributed by atoms with Crippen LogP contribution in [0, 0.1) is 18.7 Å². The van der Waals surface area contributed by atoms with Gasteiger partial charge in [-0.05, 0) is 62.1 Å². The summed E-state index contributed by atoms with van der Waals surface area (Å²) >= 11 is 0. The first kappa shape index (κ1) is 27.7. The summed E-state index contributed by atoms with van der Waals surface area (Å²) in [6, 6.07) is 8.44. The van der Waals surface area contributed by atoms with Crippen molar-refractivity contribution in [3.8, 4) is 0 Å². The molecular weight excluding hydrogens is 507 g/mol. The number of nitrogens with one attached hydrogen (secondary N) is 1. The topological polar surface area (TPSA) is 127 Å². The molecule has 0 saturated carbocycles. The number of anilines is 1. The van der Waals surface area contributed by atoms with E-state index in [-0.39, 0.29) is 48.9 Å². The Morgan fingerprint density at radius 1 is 1.03 bits per heavy atom. The lowest BCUT2D eigenvalue weighted by Crippen LogP contribution is -2.60. The van der Waals surface area contributed by atoms with Gasteiger partial charge in [0.05, 0.1) is 11.1 Å². The molecule has 2 aliphatic heterocycles. The molecule has 2 heterocycles. The summed E-state index contributed by atoms with van der Waals surface area (Å²) in [5.41, 5.74) is -0.233. The number of likely N-dealkylation sites (N-methyl/N-ethyl adjacent to an activating group) is 1. The molecule has 10 nitrogen and oxygen atoms in total. The van der Waals surface area contributed by atoms with E-state index in [0.29, 0.717) is 11.3 Å². The van der Waals surface area contributed by atoms with Gasteiger partial charge in [0.1, 0.15) is 17.4 Å². The minimum absolute atomic E-state index is 0.0480. The van der Waals surface area contributed by atoms with E-state index in [1.807, 2.05) is 0 Å². The van der Waals surface area contributed by atoms with Crippen molar-refractivity contribution in [1.29, 1.82) is 0 Å². The molecule has 2 saturated heterocycles. The number of likely N-dealkylation sites (tertiary alicyclic amines) is 1. The molecule has 39 heavy (non-hydrogen) atoms. The summed E-state index contributed by atoms with van der Waals surface area (Å²) in [4.78, 5) is 68.0. The molecular formula is C28H31FN4O6. The van der Waals surface area contributed by atoms with Crippen molar-refractivity contribution in [3.05, 3.63) is 65.0 Å². The Morgan fingerprint density at radius 2 is 1.64 bits per heavy atom. The molecule has 0 aromatic heterocycles. The van der Waals surface area contributed by atoms with Gasteiger partial charge in [-0.25, -0.2) is 14.0 Å². The first-order valence-electron chi connectivity index (χ1n) is 12.7. The number of carbonyl (C=O) groups excluding carboxylic acids is 4. The summed E-state index contributed by atoms with van der Waals surface area (Å²) in [5, 5.41) is 11.9. The van der Waals surface area contributed by atoms with Crippen molar-refractivity contribution in [1.82, 2.24) is 15.1 Å². The van der Waals surface area contributed by atoms with Crippen LogP contribution in [0.25, 0.3) is 0 Å². The SMILES string of the molecule is Cc1ccc(F)c(C(=O)N[C@@H](C(=O)N2CCC3(CC2)C(=O)N(C)C(=O)N3c2ccc(C(=O)O)cc2)C(C)C)c1. The van der Waals surface area contributed by atoms with Crippen molar-refractivity contribution in [2.45, 2.75) is 45.2 Å². The third kappa shape index (κ3) is 4.96. The van der Waals surface area contributed by atoms with Crippen LogP contribution >= 0.6 is 0 Å². The summed E-state index contributed by atoms with van der Waals surface area (Å²) in [5.74, 6) is -3.53. The lowest BCUT2D eigenvalue weighted by atomic mass is 9.85. The fourth-order valence-electron chi connectivity index (χ4n) is 5.22. The third-order valence-electron chi connectivity index (χ3n) is 7.47. The van der Waals surface area contributed by atoms with Crippen LogP contribution in [0.3, 0.4) is 0 Å². The minimum atomic E-state index is -1.23. The van der Waals surface area contributed by atoms with Crippen LogP contribution < -0.4 is 10.2 Å². The maximum Gasteiger partial charge on any atom is 0.335 e. The number of carbonyl (C=O) groups is 5. The number of piperidine rings is 1. The second-order valence-electron chi connectivity index (χ2n) is 10.4. The third-order valence-corrected chi connectivity index (χ3v) is 7.47. The number of hydrogen-bond donors (Lipinski definition) is 2. The van der Waals surface area contributed by atoms with Gasteiger partial charge in [0.15, 0.2) is 0 Å². The average molecular weight is 539 g/mol. The summed E-state index contributed by atoms with van der Waals surface area (Å²) < 4.78 is 14.3. The lowest BCUT2D eigenvalue weighted by molar-refractivity contribution is -0.139. The molecule has 0 bridgehead atoms. The highest BCUT2D eigenvalue weighted by molar-refractivity contribution is 6.17. The summed E-state index contributed by atoms with van der Waals surface area (Å²) in [6.45, 7) is 5.58. The van der Waals surface area contributed by atoms with E-state index in [2.05, 4.69) is 5.32 Å². The van der Waals surface area contributed by atoms with Crippen LogP contribution in [0.2, 0.25) is 0 Å². The molecule has 0 aliphatic carbocycles. The van der Waals surface area contributed by atoms with Crippen LogP contribution in [0.4, 0.5) is 14.9 Å². The van der Waals surface area contributed by atoms with Crippen molar-refractivity contribution < 1.29 is 33.5 Å². The molecule has 2 aliphatic rings. The van der Waals surface area contributed by atoms with Crippen molar-refractivity contribution >= 4 is 35.4 Å². The molecule has 0 radical (unpaired) electrons. The molecule has 2 aromatic rings. The quantitative estimate of drug-likeness (QED) is 0.545. The van der Waals surface area contributed by atoms with E-state index in [1.54, 1.807) is 31.7 Å². The standard InChI is InChI=1S/C28H31FN4O6/c1-16(2)22(30-23(34)20-15-17(3)5-10-21(20)29)24(35)32-13-11-28(12-14-32)26(38)31(4)27(39)33(28)19-8-6-18(7-9-19)25(36)37/h5-10,15-16,22H,11-14H2,1-4H3,(H,30,34)(H,36,37)/t22-/m1/s1. The van der Waals surface area contributed by atoms with Crippen molar-refractivity contribution in [2.75, 3.05) is 25.0 Å². The number of nitrogens with zero attached hydrogens (tertiary/aromatic N) is 3. The largest absolute Gasteiger partial charge is 0.478 e. The number of aryl methyl sites for hydroxylation is 1. The summed E-state index contributed by atoms with van der Waals surface area (Å²) in [6.07, 6.45) is 0.305. The lowest BCUT2D eigenvalue weighted by Gasteiger charge is -2.43. The molecule has 206 valence electrons. The highest BCUT2D eigenvalue weighted by Crippen LogP contribution is 2.40. The van der Waals surface area contributed by atoms with Crippen LogP contribution in [-0.4, -0.2) is 76.3 Å². The fourth-order valence-corrected chi connectivity index (χ4v) is 5.22. The van der Waals surface area contributed by atoms with Gasteiger partial charge in [0, 0.05) is 25.8 Å². The fraction of sp³-hybridized carbons (Fsp3) is 0.393. The molecule has 5 amide bonds. The Labute approximate surface area is 225 Å². The number of amides is 5. The predicted octanol–water partition coefficient (Wildman–Crippen LogP) is 3.05. The highest BCUT2D eigenvalue weighted by atomic mass is 19.1. The number of rotatable bonds is 6. The zero-order chi connectivity index (χ0) is 28.6. The van der Waals surface area contributed by atoms with Crippen molar-refractivity contribution in [2.24, 2.45) is 5.92 Å². The van der Waals surface area contributed by atoms with Crippen LogP contribution in [0.1, 0.15) is 53.0 Å². The van der Waals surface area contributed by atoms with E-state index >= 15 is 0 Å². The number of hydrogen-bond acceptors (Lipinski definition) is 5.